The minimum absolute atomic E-state index is 0.0987. The van der Waals surface area contributed by atoms with Crippen LogP contribution in [0, 0.1) is 0 Å². The molecule has 14 heteroatoms. The smallest absolute Gasteiger partial charge is 0.346 e. The van der Waals surface area contributed by atoms with Crippen molar-refractivity contribution in [2.45, 2.75) is 31.5 Å². The lowest BCUT2D eigenvalue weighted by Crippen LogP contribution is -2.49. The first kappa shape index (κ1) is 22.6. The second-order valence-electron chi connectivity index (χ2n) is 6.68. The maximum Gasteiger partial charge on any atom is 0.346 e. The highest BCUT2D eigenvalue weighted by Gasteiger charge is 2.48. The number of urea groups is 1. The van der Waals surface area contributed by atoms with Crippen LogP contribution < -0.4 is 10.5 Å². The number of rotatable bonds is 7. The highest BCUT2D eigenvalue weighted by atomic mass is 32.3. The molecule has 2 aliphatic heterocycles. The van der Waals surface area contributed by atoms with Crippen LogP contribution in [-0.4, -0.2) is 69.7 Å². The summed E-state index contributed by atoms with van der Waals surface area (Å²) in [5, 5.41) is 0.523. The van der Waals surface area contributed by atoms with Gasteiger partial charge in [0.1, 0.15) is 6.04 Å². The van der Waals surface area contributed by atoms with Crippen molar-refractivity contribution in [1.82, 2.24) is 25.0 Å². The van der Waals surface area contributed by atoms with Crippen molar-refractivity contribution in [3.8, 4) is 0 Å². The Morgan fingerprint density at radius 1 is 1.29 bits per heavy atom. The number of hydrogen-bond donors (Lipinski definition) is 1. The van der Waals surface area contributed by atoms with Crippen molar-refractivity contribution < 1.29 is 36.7 Å². The van der Waals surface area contributed by atoms with Gasteiger partial charge in [0.15, 0.2) is 12.4 Å². The molecule has 4 heterocycles. The van der Waals surface area contributed by atoms with Crippen LogP contribution in [0.4, 0.5) is 4.79 Å². The van der Waals surface area contributed by atoms with E-state index in [1.807, 2.05) is 30.6 Å². The van der Waals surface area contributed by atoms with Gasteiger partial charge in [-0.25, -0.2) is 28.7 Å². The predicted octanol–water partition coefficient (Wildman–Crippen LogP) is -0.908. The van der Waals surface area contributed by atoms with E-state index in [-0.39, 0.29) is 13.2 Å². The molecule has 3 amide bonds. The van der Waals surface area contributed by atoms with Crippen LogP contribution in [-0.2, 0) is 30.9 Å². The minimum atomic E-state index is -5.06. The number of H-pyrrole nitrogens is 1. The normalized spacial score (nSPS) is 20.2. The summed E-state index contributed by atoms with van der Waals surface area (Å²) in [6.07, 6.45) is 9.34. The molecule has 0 saturated carbocycles. The van der Waals surface area contributed by atoms with Crippen LogP contribution in [0.25, 0.3) is 0 Å². The van der Waals surface area contributed by atoms with E-state index >= 15 is 0 Å². The fourth-order valence-corrected chi connectivity index (χ4v) is 3.59. The fourth-order valence-electron chi connectivity index (χ4n) is 3.20. The molecule has 168 valence electrons. The van der Waals surface area contributed by atoms with Crippen LogP contribution in [0.1, 0.15) is 12.8 Å². The largest absolute Gasteiger partial charge is 0.724 e. The molecule has 4 rings (SSSR count). The number of aromatic amines is 1. The van der Waals surface area contributed by atoms with Gasteiger partial charge in [0.05, 0.1) is 19.0 Å². The van der Waals surface area contributed by atoms with Crippen molar-refractivity contribution >= 4 is 22.3 Å². The lowest BCUT2D eigenvalue weighted by atomic mass is 10.0. The molecule has 2 fully saturated rings. The predicted molar refractivity (Wildman–Crippen MR) is 101 cm³/mol. The summed E-state index contributed by atoms with van der Waals surface area (Å²) in [6.45, 7) is 0.787. The lowest BCUT2D eigenvalue weighted by Gasteiger charge is -2.28. The molecule has 2 N–H and O–H groups in total. The topological polar surface area (TPSA) is 160 Å². The number of carbonyl (C=O) groups excluding carboxylic acids is 2. The molecule has 2 aromatic rings. The standard InChI is InChI=1S/C12H17N5O7S.C5H5N/c18-11(14-23-6-5-15-4-3-13-8-15)10-2-1-9-7-16(10)12(19)17(9)24-25(20,21)22;1-2-4-6-5-3-1/h3-4,8-10H,1-2,5-7H2,(H,14,18)(H,20,21,22);1-5H/t9-,10+;/m1./s1. The van der Waals surface area contributed by atoms with E-state index in [1.54, 1.807) is 23.3 Å². The lowest BCUT2D eigenvalue weighted by molar-refractivity contribution is -0.377. The zero-order valence-corrected chi connectivity index (χ0v) is 17.2. The Morgan fingerprint density at radius 2 is 2.06 bits per heavy atom. The molecule has 0 unspecified atom stereocenters. The first-order valence-corrected chi connectivity index (χ1v) is 10.7. The zero-order valence-electron chi connectivity index (χ0n) is 16.4. The van der Waals surface area contributed by atoms with Crippen molar-refractivity contribution in [2.75, 3.05) is 13.2 Å². The van der Waals surface area contributed by atoms with Gasteiger partial charge in [-0.2, -0.15) is 9.35 Å². The van der Waals surface area contributed by atoms with Crippen molar-refractivity contribution in [2.24, 2.45) is 0 Å². The van der Waals surface area contributed by atoms with Gasteiger partial charge in [0.25, 0.3) is 5.91 Å². The number of pyridine rings is 1. The Labute approximate surface area is 178 Å². The molecule has 0 radical (unpaired) electrons. The summed E-state index contributed by atoms with van der Waals surface area (Å²) in [4.78, 5) is 37.4. The summed E-state index contributed by atoms with van der Waals surface area (Å²) in [5.74, 6) is -0.524. The molecule has 2 aliphatic rings. The van der Waals surface area contributed by atoms with Crippen LogP contribution in [0.5, 0.6) is 0 Å². The minimum Gasteiger partial charge on any atom is -0.724 e. The third-order valence-corrected chi connectivity index (χ3v) is 4.93. The van der Waals surface area contributed by atoms with Crippen LogP contribution in [0.2, 0.25) is 0 Å². The molecular formula is C17H22N6O7S. The summed E-state index contributed by atoms with van der Waals surface area (Å²) < 4.78 is 38.1. The number of nitrogens with one attached hydrogen (secondary N) is 2. The van der Waals surface area contributed by atoms with Gasteiger partial charge < -0.3 is 14.0 Å². The molecule has 2 atom stereocenters. The van der Waals surface area contributed by atoms with E-state index in [2.05, 4.69) is 19.7 Å². The van der Waals surface area contributed by atoms with Crippen LogP contribution in [0.15, 0.2) is 49.3 Å². The monoisotopic (exact) mass is 454 g/mol. The van der Waals surface area contributed by atoms with Gasteiger partial charge in [0.2, 0.25) is 10.4 Å². The van der Waals surface area contributed by atoms with Gasteiger partial charge in [-0.1, -0.05) is 6.07 Å². The molecule has 2 saturated heterocycles. The number of fused-ring (bicyclic) bond motifs is 2. The number of imidazole rings is 1. The number of nitrogens with zero attached hydrogens (tertiary/aromatic N) is 4. The zero-order chi connectivity index (χ0) is 22.3. The molecular weight excluding hydrogens is 432 g/mol. The summed E-state index contributed by atoms with van der Waals surface area (Å²) in [7, 11) is -5.06. The average Bonchev–Trinajstić information content (AvgIpc) is 3.35. The van der Waals surface area contributed by atoms with Crippen LogP contribution in [0.3, 0.4) is 0 Å². The maximum atomic E-state index is 12.2. The Morgan fingerprint density at radius 3 is 2.65 bits per heavy atom. The molecule has 31 heavy (non-hydrogen) atoms. The first-order valence-electron chi connectivity index (χ1n) is 9.39. The first-order chi connectivity index (χ1) is 14.8. The second-order valence-corrected chi connectivity index (χ2v) is 7.65. The SMILES string of the molecule is O=C(NOCCn1ccnc1)[C@@H]1CC[C@@H]2CN1C(=O)N2OS(=O)(=O)[O-].c1cc[nH+]cc1. The number of piperidine rings is 1. The van der Waals surface area contributed by atoms with Crippen molar-refractivity contribution in [3.05, 3.63) is 49.3 Å². The maximum absolute atomic E-state index is 12.2. The molecule has 13 nitrogen and oxygen atoms in total. The van der Waals surface area contributed by atoms with Gasteiger partial charge in [-0.15, -0.1) is 0 Å². The Hall–Kier alpha value is -3.07. The van der Waals surface area contributed by atoms with Gasteiger partial charge in [0, 0.05) is 37.6 Å². The Balaban J connectivity index is 0.000000391. The number of aromatic nitrogens is 3. The van der Waals surface area contributed by atoms with E-state index in [1.165, 1.54) is 0 Å². The van der Waals surface area contributed by atoms with E-state index in [9.17, 15) is 22.6 Å². The number of hydroxylamine groups is 3. The quantitative estimate of drug-likeness (QED) is 0.243. The van der Waals surface area contributed by atoms with E-state index in [0.717, 1.165) is 4.90 Å². The van der Waals surface area contributed by atoms with E-state index in [0.29, 0.717) is 24.4 Å². The average molecular weight is 454 g/mol. The molecule has 0 aromatic carbocycles. The highest BCUT2D eigenvalue weighted by molar-refractivity contribution is 7.80. The van der Waals surface area contributed by atoms with Gasteiger partial charge >= 0.3 is 6.03 Å². The summed E-state index contributed by atoms with van der Waals surface area (Å²) in [5.41, 5.74) is 2.28. The Bertz CT molecular complexity index is 930. The summed E-state index contributed by atoms with van der Waals surface area (Å²) in [6, 6.07) is 3.62. The van der Waals surface area contributed by atoms with Gasteiger partial charge in [-0.05, 0) is 12.8 Å². The van der Waals surface area contributed by atoms with E-state index in [4.69, 9.17) is 4.84 Å². The van der Waals surface area contributed by atoms with Crippen LogP contribution >= 0.6 is 0 Å². The Kier molecular flexibility index (Phi) is 7.51. The van der Waals surface area contributed by atoms with E-state index < -0.39 is 34.4 Å². The molecule has 0 spiro atoms. The third kappa shape index (κ3) is 6.45. The number of amides is 3. The van der Waals surface area contributed by atoms with Crippen molar-refractivity contribution in [1.29, 1.82) is 0 Å². The van der Waals surface area contributed by atoms with Crippen molar-refractivity contribution in [3.63, 3.8) is 0 Å². The van der Waals surface area contributed by atoms with Gasteiger partial charge in [-0.3, -0.25) is 9.63 Å². The number of hydrogen-bond acceptors (Lipinski definition) is 8. The second kappa shape index (κ2) is 10.3. The third-order valence-electron chi connectivity index (χ3n) is 4.59. The molecule has 0 aliphatic carbocycles. The fraction of sp³-hybridized carbons (Fsp3) is 0.412. The molecule has 2 aromatic heterocycles. The highest BCUT2D eigenvalue weighted by Crippen LogP contribution is 2.30. The summed E-state index contributed by atoms with van der Waals surface area (Å²) >= 11 is 0. The number of carbonyl (C=O) groups is 2. The molecule has 2 bridgehead atoms.